The molecule has 2 heteroatoms. The minimum Gasteiger partial charge on any atom is -0.497 e. The quantitative estimate of drug-likeness (QED) is 0.296. The molecule has 0 radical (unpaired) electrons. The van der Waals surface area contributed by atoms with Gasteiger partial charge in [0.2, 0.25) is 0 Å². The van der Waals surface area contributed by atoms with E-state index in [-0.39, 0.29) is 0 Å². The van der Waals surface area contributed by atoms with Crippen LogP contribution in [0.3, 0.4) is 0 Å². The first-order chi connectivity index (χ1) is 14.3. The molecule has 0 aliphatic rings. The molecule has 3 aromatic rings. The van der Waals surface area contributed by atoms with E-state index in [2.05, 4.69) is 78.6 Å². The standard InChI is InChI=1S/C27H35NO/c1-3-4-5-6-7-8-11-21-28(25-17-19-26(29-2)20-18-25)22-24-15-12-14-23-13-9-10-16-27(23)24/h9-10,12-20H,3-8,11,21-22H2,1-2H3. The first kappa shape index (κ1) is 21.2. The van der Waals surface area contributed by atoms with Crippen LogP contribution in [-0.4, -0.2) is 13.7 Å². The van der Waals surface area contributed by atoms with Crippen molar-refractivity contribution in [1.29, 1.82) is 0 Å². The fraction of sp³-hybridized carbons (Fsp3) is 0.407. The van der Waals surface area contributed by atoms with Gasteiger partial charge in [-0.3, -0.25) is 0 Å². The van der Waals surface area contributed by atoms with Gasteiger partial charge in [0.1, 0.15) is 5.75 Å². The molecule has 0 saturated carbocycles. The van der Waals surface area contributed by atoms with Crippen molar-refractivity contribution in [3.8, 4) is 5.75 Å². The van der Waals surface area contributed by atoms with Crippen molar-refractivity contribution < 1.29 is 4.74 Å². The van der Waals surface area contributed by atoms with E-state index in [1.54, 1.807) is 7.11 Å². The van der Waals surface area contributed by atoms with Gasteiger partial charge in [0.25, 0.3) is 0 Å². The van der Waals surface area contributed by atoms with E-state index in [9.17, 15) is 0 Å². The molecular weight excluding hydrogens is 354 g/mol. The lowest BCUT2D eigenvalue weighted by molar-refractivity contribution is 0.415. The maximum absolute atomic E-state index is 5.35. The largest absolute Gasteiger partial charge is 0.497 e. The van der Waals surface area contributed by atoms with E-state index in [0.717, 1.165) is 18.8 Å². The molecule has 0 aromatic heterocycles. The molecule has 154 valence electrons. The van der Waals surface area contributed by atoms with Gasteiger partial charge in [0.15, 0.2) is 0 Å². The molecule has 0 atom stereocenters. The van der Waals surface area contributed by atoms with Gasteiger partial charge < -0.3 is 9.64 Å². The number of nitrogens with zero attached hydrogens (tertiary/aromatic N) is 1. The van der Waals surface area contributed by atoms with Gasteiger partial charge in [-0.15, -0.1) is 0 Å². The van der Waals surface area contributed by atoms with E-state index < -0.39 is 0 Å². The van der Waals surface area contributed by atoms with Crippen LogP contribution < -0.4 is 9.64 Å². The summed E-state index contributed by atoms with van der Waals surface area (Å²) in [4.78, 5) is 2.52. The maximum atomic E-state index is 5.35. The van der Waals surface area contributed by atoms with Crippen molar-refractivity contribution in [1.82, 2.24) is 0 Å². The lowest BCUT2D eigenvalue weighted by Gasteiger charge is -2.26. The highest BCUT2D eigenvalue weighted by atomic mass is 16.5. The van der Waals surface area contributed by atoms with Gasteiger partial charge >= 0.3 is 0 Å². The number of fused-ring (bicyclic) bond motifs is 1. The summed E-state index contributed by atoms with van der Waals surface area (Å²) in [5.74, 6) is 0.912. The Morgan fingerprint density at radius 1 is 0.724 bits per heavy atom. The fourth-order valence-electron chi connectivity index (χ4n) is 3.99. The smallest absolute Gasteiger partial charge is 0.119 e. The molecule has 0 unspecified atom stereocenters. The summed E-state index contributed by atoms with van der Waals surface area (Å²) >= 11 is 0. The van der Waals surface area contributed by atoms with Gasteiger partial charge in [-0.05, 0) is 47.0 Å². The summed E-state index contributed by atoms with van der Waals surface area (Å²) in [6.07, 6.45) is 9.35. The van der Waals surface area contributed by atoms with Crippen LogP contribution in [0.1, 0.15) is 57.4 Å². The number of unbranched alkanes of at least 4 members (excludes halogenated alkanes) is 6. The van der Waals surface area contributed by atoms with Gasteiger partial charge in [-0.1, -0.05) is 87.9 Å². The minimum absolute atomic E-state index is 0.912. The Morgan fingerprint density at radius 3 is 2.17 bits per heavy atom. The second-order valence-electron chi connectivity index (χ2n) is 7.88. The number of methoxy groups -OCH3 is 1. The number of anilines is 1. The maximum Gasteiger partial charge on any atom is 0.119 e. The van der Waals surface area contributed by atoms with Crippen molar-refractivity contribution in [3.63, 3.8) is 0 Å². The van der Waals surface area contributed by atoms with Gasteiger partial charge in [-0.25, -0.2) is 0 Å². The molecule has 0 saturated heterocycles. The van der Waals surface area contributed by atoms with Crippen LogP contribution in [-0.2, 0) is 6.54 Å². The zero-order valence-electron chi connectivity index (χ0n) is 18.1. The van der Waals surface area contributed by atoms with Crippen molar-refractivity contribution in [2.24, 2.45) is 0 Å². The second kappa shape index (κ2) is 11.5. The third-order valence-corrected chi connectivity index (χ3v) is 5.71. The van der Waals surface area contributed by atoms with E-state index >= 15 is 0 Å². The average molecular weight is 390 g/mol. The number of rotatable bonds is 12. The molecule has 0 spiro atoms. The second-order valence-corrected chi connectivity index (χ2v) is 7.88. The third-order valence-electron chi connectivity index (χ3n) is 5.71. The summed E-state index contributed by atoms with van der Waals surface area (Å²) in [7, 11) is 1.72. The molecule has 3 rings (SSSR count). The average Bonchev–Trinajstić information content (AvgIpc) is 2.78. The van der Waals surface area contributed by atoms with Gasteiger partial charge in [0, 0.05) is 18.8 Å². The third kappa shape index (κ3) is 6.25. The van der Waals surface area contributed by atoms with Crippen molar-refractivity contribution in [2.75, 3.05) is 18.6 Å². The number of benzene rings is 3. The summed E-state index contributed by atoms with van der Waals surface area (Å²) in [6, 6.07) is 23.8. The normalized spacial score (nSPS) is 11.0. The number of hydrogen-bond acceptors (Lipinski definition) is 2. The van der Waals surface area contributed by atoms with E-state index in [0.29, 0.717) is 0 Å². The molecular formula is C27H35NO. The first-order valence-electron chi connectivity index (χ1n) is 11.2. The van der Waals surface area contributed by atoms with E-state index in [1.807, 2.05) is 0 Å². The highest BCUT2D eigenvalue weighted by molar-refractivity contribution is 5.85. The highest BCUT2D eigenvalue weighted by Gasteiger charge is 2.10. The topological polar surface area (TPSA) is 12.5 Å². The SMILES string of the molecule is CCCCCCCCCN(Cc1cccc2ccccc12)c1ccc(OC)cc1. The van der Waals surface area contributed by atoms with Crippen LogP contribution in [0.15, 0.2) is 66.7 Å². The fourth-order valence-corrected chi connectivity index (χ4v) is 3.99. The zero-order chi connectivity index (χ0) is 20.3. The molecule has 0 amide bonds. The minimum atomic E-state index is 0.912. The van der Waals surface area contributed by atoms with Crippen LogP contribution in [0, 0.1) is 0 Å². The van der Waals surface area contributed by atoms with E-state index in [1.165, 1.54) is 67.0 Å². The Labute approximate surface area is 176 Å². The molecule has 0 aliphatic heterocycles. The monoisotopic (exact) mass is 389 g/mol. The lowest BCUT2D eigenvalue weighted by atomic mass is 10.0. The number of hydrogen-bond donors (Lipinski definition) is 0. The highest BCUT2D eigenvalue weighted by Crippen LogP contribution is 2.25. The molecule has 0 fully saturated rings. The van der Waals surface area contributed by atoms with Crippen LogP contribution in [0.5, 0.6) is 5.75 Å². The van der Waals surface area contributed by atoms with Gasteiger partial charge in [-0.2, -0.15) is 0 Å². The number of ether oxygens (including phenoxy) is 1. The zero-order valence-corrected chi connectivity index (χ0v) is 18.1. The Balaban J connectivity index is 1.70. The molecule has 3 aromatic carbocycles. The molecule has 0 heterocycles. The predicted octanol–water partition coefficient (Wildman–Crippen LogP) is 7.61. The van der Waals surface area contributed by atoms with Crippen LogP contribution in [0.25, 0.3) is 10.8 Å². The molecule has 29 heavy (non-hydrogen) atoms. The molecule has 2 nitrogen and oxygen atoms in total. The summed E-state index contributed by atoms with van der Waals surface area (Å²) in [5.41, 5.74) is 2.66. The Bertz CT molecular complexity index is 851. The summed E-state index contributed by atoms with van der Waals surface area (Å²) in [6.45, 7) is 4.30. The van der Waals surface area contributed by atoms with Crippen LogP contribution >= 0.6 is 0 Å². The Hall–Kier alpha value is -2.48. The van der Waals surface area contributed by atoms with Crippen molar-refractivity contribution >= 4 is 16.5 Å². The summed E-state index contributed by atoms with van der Waals surface area (Å²) in [5, 5.41) is 2.67. The van der Waals surface area contributed by atoms with Crippen LogP contribution in [0.2, 0.25) is 0 Å². The van der Waals surface area contributed by atoms with Crippen molar-refractivity contribution in [2.45, 2.75) is 58.4 Å². The van der Waals surface area contributed by atoms with Gasteiger partial charge in [0.05, 0.1) is 7.11 Å². The Morgan fingerprint density at radius 2 is 1.41 bits per heavy atom. The van der Waals surface area contributed by atoms with Crippen molar-refractivity contribution in [3.05, 3.63) is 72.3 Å². The van der Waals surface area contributed by atoms with Crippen LogP contribution in [0.4, 0.5) is 5.69 Å². The first-order valence-corrected chi connectivity index (χ1v) is 11.2. The molecule has 0 N–H and O–H groups in total. The summed E-state index contributed by atoms with van der Waals surface area (Å²) < 4.78 is 5.35. The predicted molar refractivity (Wildman–Crippen MR) is 126 cm³/mol. The Kier molecular flexibility index (Phi) is 8.42. The molecule has 0 aliphatic carbocycles. The lowest BCUT2D eigenvalue weighted by Crippen LogP contribution is -2.24. The molecule has 0 bridgehead atoms. The van der Waals surface area contributed by atoms with E-state index in [4.69, 9.17) is 4.74 Å².